The van der Waals surface area contributed by atoms with Gasteiger partial charge in [0, 0.05) is 9.13 Å². The molecule has 26 heavy (non-hydrogen) atoms. The fraction of sp³-hybridized carbons (Fsp3) is 0.250. The first kappa shape index (κ1) is 20.3. The number of allylic oxidation sites excluding steroid dienone is 1. The number of nitrogens with one attached hydrogen (secondary N) is 1. The second-order valence-electron chi connectivity index (χ2n) is 6.18. The molecule has 0 saturated carbocycles. The Morgan fingerprint density at radius 2 is 2.04 bits per heavy atom. The highest BCUT2D eigenvalue weighted by atomic mass is 127. The van der Waals surface area contributed by atoms with Crippen molar-refractivity contribution in [3.8, 4) is 5.75 Å². The largest absolute Gasteiger partial charge is 0.508 e. The molecule has 0 aliphatic rings. The molecule has 1 amide bonds. The van der Waals surface area contributed by atoms with E-state index in [0.717, 1.165) is 3.57 Å². The van der Waals surface area contributed by atoms with Gasteiger partial charge in [0.25, 0.3) is 0 Å². The summed E-state index contributed by atoms with van der Waals surface area (Å²) < 4.78 is 0.957. The van der Waals surface area contributed by atoms with Crippen LogP contribution < -0.4 is 11.1 Å². The molecule has 0 radical (unpaired) electrons. The van der Waals surface area contributed by atoms with Crippen molar-refractivity contribution in [2.45, 2.75) is 25.9 Å². The van der Waals surface area contributed by atoms with Crippen LogP contribution in [0.5, 0.6) is 5.75 Å². The highest BCUT2D eigenvalue weighted by Crippen LogP contribution is 2.32. The number of hydrogen-bond acceptors (Lipinski definition) is 4. The first-order valence-corrected chi connectivity index (χ1v) is 9.45. The Balaban J connectivity index is 1.84. The number of aliphatic hydroxyl groups excluding tert-OH is 1. The van der Waals surface area contributed by atoms with Gasteiger partial charge in [-0.15, -0.1) is 0 Å². The minimum atomic E-state index is -0.754. The summed E-state index contributed by atoms with van der Waals surface area (Å²) in [7, 11) is 0. The number of halogens is 1. The normalized spacial score (nSPS) is 13.5. The zero-order valence-corrected chi connectivity index (χ0v) is 16.7. The van der Waals surface area contributed by atoms with Crippen molar-refractivity contribution >= 4 is 39.9 Å². The van der Waals surface area contributed by atoms with Crippen molar-refractivity contribution in [3.63, 3.8) is 0 Å². The molecule has 2 aromatic carbocycles. The topological polar surface area (TPSA) is 95.6 Å². The van der Waals surface area contributed by atoms with E-state index < -0.39 is 6.10 Å². The van der Waals surface area contributed by atoms with Crippen LogP contribution in [0.2, 0.25) is 0 Å². The molecule has 0 aliphatic heterocycles. The highest BCUT2D eigenvalue weighted by Gasteiger charge is 2.19. The van der Waals surface area contributed by atoms with Gasteiger partial charge in [0.2, 0.25) is 5.91 Å². The van der Waals surface area contributed by atoms with Gasteiger partial charge in [-0.1, -0.05) is 25.1 Å². The van der Waals surface area contributed by atoms with Crippen LogP contribution in [-0.4, -0.2) is 16.1 Å². The molecule has 2 atom stereocenters. The lowest BCUT2D eigenvalue weighted by Crippen LogP contribution is -2.10. The molecule has 0 unspecified atom stereocenters. The van der Waals surface area contributed by atoms with Gasteiger partial charge in [-0.2, -0.15) is 0 Å². The van der Waals surface area contributed by atoms with Crippen LogP contribution in [0.1, 0.15) is 31.4 Å². The molecule has 0 fully saturated rings. The zero-order valence-electron chi connectivity index (χ0n) is 14.5. The van der Waals surface area contributed by atoms with Gasteiger partial charge in [-0.25, -0.2) is 0 Å². The maximum Gasteiger partial charge on any atom is 0.248 e. The number of rotatable bonds is 7. The van der Waals surface area contributed by atoms with Crippen molar-refractivity contribution in [1.82, 2.24) is 0 Å². The monoisotopic (exact) mass is 466 g/mol. The van der Waals surface area contributed by atoms with Crippen LogP contribution in [0.15, 0.2) is 54.6 Å². The minimum absolute atomic E-state index is 0.0587. The van der Waals surface area contributed by atoms with Crippen LogP contribution >= 0.6 is 22.6 Å². The van der Waals surface area contributed by atoms with Crippen molar-refractivity contribution < 1.29 is 15.0 Å². The Bertz CT molecular complexity index is 792. The van der Waals surface area contributed by atoms with Gasteiger partial charge in [0.1, 0.15) is 5.75 Å². The number of amides is 1. The second kappa shape index (κ2) is 9.59. The number of nitrogens with two attached hydrogens (primary N) is 1. The van der Waals surface area contributed by atoms with Crippen molar-refractivity contribution in [1.29, 1.82) is 0 Å². The Hall–Kier alpha value is -2.06. The van der Waals surface area contributed by atoms with Gasteiger partial charge in [-0.05, 0) is 77.8 Å². The number of aliphatic hydroxyl groups is 1. The SMILES string of the molecule is C[C@H](CC/C=C/C(=O)Nc1ccccc1N)[C@@H](O)c1cc(I)ccc1O. The number of hydrogen-bond donors (Lipinski definition) is 4. The van der Waals surface area contributed by atoms with E-state index in [1.807, 2.05) is 6.92 Å². The lowest BCUT2D eigenvalue weighted by molar-refractivity contribution is -0.111. The molecule has 0 saturated heterocycles. The number of para-hydroxylation sites is 2. The van der Waals surface area contributed by atoms with Crippen molar-refractivity contribution in [2.75, 3.05) is 11.1 Å². The third-order valence-electron chi connectivity index (χ3n) is 4.12. The fourth-order valence-electron chi connectivity index (χ4n) is 2.56. The number of phenolic OH excluding ortho intramolecular Hbond substituents is 1. The number of aromatic hydroxyl groups is 1. The number of carbonyl (C=O) groups excluding carboxylic acids is 1. The number of carbonyl (C=O) groups is 1. The van der Waals surface area contributed by atoms with Gasteiger partial charge in [0.05, 0.1) is 17.5 Å². The van der Waals surface area contributed by atoms with Gasteiger partial charge in [-0.3, -0.25) is 4.79 Å². The third kappa shape index (κ3) is 5.74. The Kier molecular flexibility index (Phi) is 7.47. The highest BCUT2D eigenvalue weighted by molar-refractivity contribution is 14.1. The third-order valence-corrected chi connectivity index (χ3v) is 4.79. The molecule has 138 valence electrons. The maximum absolute atomic E-state index is 11.9. The lowest BCUT2D eigenvalue weighted by Gasteiger charge is -2.19. The van der Waals surface area contributed by atoms with Gasteiger partial charge >= 0.3 is 0 Å². The molecule has 0 aromatic heterocycles. The molecule has 0 heterocycles. The summed E-state index contributed by atoms with van der Waals surface area (Å²) in [4.78, 5) is 11.9. The fourth-order valence-corrected chi connectivity index (χ4v) is 3.08. The average Bonchev–Trinajstić information content (AvgIpc) is 2.62. The minimum Gasteiger partial charge on any atom is -0.508 e. The van der Waals surface area contributed by atoms with E-state index in [9.17, 15) is 15.0 Å². The summed E-state index contributed by atoms with van der Waals surface area (Å²) in [6.07, 6.45) is 3.81. The quantitative estimate of drug-likeness (QED) is 0.279. The second-order valence-corrected chi connectivity index (χ2v) is 7.43. The lowest BCUT2D eigenvalue weighted by atomic mass is 9.93. The molecule has 5 N–H and O–H groups in total. The smallest absolute Gasteiger partial charge is 0.248 e. The standard InChI is InChI=1S/C20H23IN2O3/c1-13(20(26)15-12-14(21)10-11-18(15)24)6-2-5-9-19(25)23-17-8-4-3-7-16(17)22/h3-5,7-13,20,24,26H,2,6,22H2,1H3,(H,23,25)/b9-5+/t13-,20-/m1/s1. The summed E-state index contributed by atoms with van der Waals surface area (Å²) in [5, 5.41) is 23.1. The molecule has 0 spiro atoms. The molecular formula is C20H23IN2O3. The molecule has 5 nitrogen and oxygen atoms in total. The maximum atomic E-state index is 11.9. The van der Waals surface area contributed by atoms with E-state index in [1.165, 1.54) is 6.08 Å². The summed E-state index contributed by atoms with van der Waals surface area (Å²) >= 11 is 2.15. The summed E-state index contributed by atoms with van der Waals surface area (Å²) in [5.74, 6) is -0.205. The van der Waals surface area contributed by atoms with E-state index in [2.05, 4.69) is 27.9 Å². The van der Waals surface area contributed by atoms with E-state index in [1.54, 1.807) is 48.5 Å². The number of nitrogen functional groups attached to an aromatic ring is 1. The van der Waals surface area contributed by atoms with Crippen LogP contribution in [0, 0.1) is 9.49 Å². The van der Waals surface area contributed by atoms with Gasteiger partial charge < -0.3 is 21.3 Å². The van der Waals surface area contributed by atoms with E-state index in [4.69, 9.17) is 5.73 Å². The molecule has 2 rings (SSSR count). The first-order valence-electron chi connectivity index (χ1n) is 8.37. The molecule has 6 heteroatoms. The zero-order chi connectivity index (χ0) is 19.1. The van der Waals surface area contributed by atoms with Crippen LogP contribution in [-0.2, 0) is 4.79 Å². The molecule has 0 aliphatic carbocycles. The Morgan fingerprint density at radius 1 is 1.31 bits per heavy atom. The van der Waals surface area contributed by atoms with Crippen LogP contribution in [0.3, 0.4) is 0 Å². The summed E-state index contributed by atoms with van der Waals surface area (Å²) in [6.45, 7) is 1.92. The number of phenols is 1. The number of anilines is 2. The van der Waals surface area contributed by atoms with E-state index in [0.29, 0.717) is 29.8 Å². The average molecular weight is 466 g/mol. The first-order chi connectivity index (χ1) is 12.4. The van der Waals surface area contributed by atoms with Crippen LogP contribution in [0.25, 0.3) is 0 Å². The van der Waals surface area contributed by atoms with Crippen LogP contribution in [0.4, 0.5) is 11.4 Å². The van der Waals surface area contributed by atoms with E-state index >= 15 is 0 Å². The molecule has 2 aromatic rings. The summed E-state index contributed by atoms with van der Waals surface area (Å²) in [5.41, 5.74) is 7.42. The predicted octanol–water partition coefficient (Wildman–Crippen LogP) is 4.22. The molecule has 0 bridgehead atoms. The predicted molar refractivity (Wildman–Crippen MR) is 113 cm³/mol. The molecular weight excluding hydrogens is 443 g/mol. The Labute approximate surface area is 167 Å². The summed E-state index contributed by atoms with van der Waals surface area (Å²) in [6, 6.07) is 12.2. The van der Waals surface area contributed by atoms with Crippen molar-refractivity contribution in [2.24, 2.45) is 5.92 Å². The van der Waals surface area contributed by atoms with Gasteiger partial charge in [0.15, 0.2) is 0 Å². The van der Waals surface area contributed by atoms with Crippen molar-refractivity contribution in [3.05, 3.63) is 63.8 Å². The Morgan fingerprint density at radius 3 is 2.77 bits per heavy atom. The number of benzene rings is 2. The van der Waals surface area contributed by atoms with E-state index in [-0.39, 0.29) is 17.6 Å².